The van der Waals surface area contributed by atoms with Crippen LogP contribution >= 0.6 is 0 Å². The number of nitrogens with zero attached hydrogens (tertiary/aromatic N) is 2. The van der Waals surface area contributed by atoms with Crippen LogP contribution in [0.3, 0.4) is 0 Å². The summed E-state index contributed by atoms with van der Waals surface area (Å²) in [5.41, 5.74) is 0. The highest BCUT2D eigenvalue weighted by molar-refractivity contribution is 4.81. The summed E-state index contributed by atoms with van der Waals surface area (Å²) in [6.07, 6.45) is 9.96. The van der Waals surface area contributed by atoms with E-state index in [1.54, 1.807) is 0 Å². The van der Waals surface area contributed by atoms with E-state index in [0.717, 1.165) is 12.5 Å². The third kappa shape index (κ3) is 3.67. The molecule has 0 saturated heterocycles. The fraction of sp³-hybridized carbons (Fsp3) is 0.750. The van der Waals surface area contributed by atoms with Crippen molar-refractivity contribution in [3.05, 3.63) is 18.7 Å². The van der Waals surface area contributed by atoms with Gasteiger partial charge in [0.15, 0.2) is 0 Å². The molecule has 2 unspecified atom stereocenters. The van der Waals surface area contributed by atoms with Crippen molar-refractivity contribution in [1.82, 2.24) is 14.9 Å². The average molecular weight is 207 g/mol. The molecule has 0 radical (unpaired) electrons. The minimum Gasteiger partial charge on any atom is -0.336 e. The van der Waals surface area contributed by atoms with Crippen molar-refractivity contribution >= 4 is 0 Å². The van der Waals surface area contributed by atoms with Gasteiger partial charge in [-0.05, 0) is 26.2 Å². The lowest BCUT2D eigenvalue weighted by Crippen LogP contribution is -2.37. The van der Waals surface area contributed by atoms with Gasteiger partial charge in [-0.1, -0.05) is 12.8 Å². The Morgan fingerprint density at radius 3 is 2.80 bits per heavy atom. The van der Waals surface area contributed by atoms with Crippen molar-refractivity contribution in [2.45, 2.75) is 51.7 Å². The van der Waals surface area contributed by atoms with Crippen LogP contribution in [0.1, 0.15) is 33.1 Å². The van der Waals surface area contributed by atoms with Crippen molar-refractivity contribution in [3.8, 4) is 0 Å². The summed E-state index contributed by atoms with van der Waals surface area (Å²) in [5.74, 6) is 1.01. The van der Waals surface area contributed by atoms with Crippen LogP contribution in [0.4, 0.5) is 0 Å². The zero-order valence-corrected chi connectivity index (χ0v) is 9.69. The molecule has 84 valence electrons. The van der Waals surface area contributed by atoms with Gasteiger partial charge >= 0.3 is 0 Å². The maximum Gasteiger partial charge on any atom is 0.0946 e. The molecule has 1 aromatic heterocycles. The standard InChI is InChI=1S/C12H21N3/c1-10(7-12-3-4-12)14-11(2)8-15-6-5-13-9-15/h5-6,9-12,14H,3-4,7-8H2,1-2H3. The molecule has 0 aromatic carbocycles. The van der Waals surface area contributed by atoms with E-state index < -0.39 is 0 Å². The van der Waals surface area contributed by atoms with Gasteiger partial charge in [0.05, 0.1) is 6.33 Å². The minimum absolute atomic E-state index is 0.521. The van der Waals surface area contributed by atoms with E-state index in [9.17, 15) is 0 Å². The normalized spacial score (nSPS) is 20.1. The van der Waals surface area contributed by atoms with E-state index >= 15 is 0 Å². The van der Waals surface area contributed by atoms with Gasteiger partial charge < -0.3 is 9.88 Å². The van der Waals surface area contributed by atoms with Crippen molar-refractivity contribution < 1.29 is 0 Å². The van der Waals surface area contributed by atoms with Crippen molar-refractivity contribution in [2.24, 2.45) is 5.92 Å². The van der Waals surface area contributed by atoms with E-state index in [-0.39, 0.29) is 0 Å². The molecule has 2 atom stereocenters. The molecule has 1 N–H and O–H groups in total. The quantitative estimate of drug-likeness (QED) is 0.773. The van der Waals surface area contributed by atoms with Gasteiger partial charge in [-0.2, -0.15) is 0 Å². The summed E-state index contributed by atoms with van der Waals surface area (Å²) in [5, 5.41) is 3.64. The van der Waals surface area contributed by atoms with Gasteiger partial charge in [0.1, 0.15) is 0 Å². The molecule has 1 saturated carbocycles. The molecule has 1 fully saturated rings. The molecule has 3 nitrogen and oxygen atoms in total. The predicted octanol–water partition coefficient (Wildman–Crippen LogP) is 2.05. The number of hydrogen-bond acceptors (Lipinski definition) is 2. The second-order valence-corrected chi connectivity index (χ2v) is 4.91. The van der Waals surface area contributed by atoms with Crippen LogP contribution in [0.2, 0.25) is 0 Å². The van der Waals surface area contributed by atoms with E-state index in [4.69, 9.17) is 0 Å². The van der Waals surface area contributed by atoms with Gasteiger partial charge in [-0.3, -0.25) is 0 Å². The molecule has 1 aliphatic carbocycles. The molecule has 0 amide bonds. The highest BCUT2D eigenvalue weighted by Crippen LogP contribution is 2.33. The minimum atomic E-state index is 0.521. The highest BCUT2D eigenvalue weighted by atomic mass is 15.1. The van der Waals surface area contributed by atoms with Crippen LogP contribution in [0.5, 0.6) is 0 Å². The smallest absolute Gasteiger partial charge is 0.0946 e. The Morgan fingerprint density at radius 2 is 2.20 bits per heavy atom. The topological polar surface area (TPSA) is 29.9 Å². The molecule has 1 aromatic rings. The lowest BCUT2D eigenvalue weighted by Gasteiger charge is -2.20. The monoisotopic (exact) mass is 207 g/mol. The Kier molecular flexibility index (Phi) is 3.41. The first kappa shape index (κ1) is 10.7. The summed E-state index contributed by atoms with van der Waals surface area (Å²) < 4.78 is 2.13. The molecule has 0 bridgehead atoms. The maximum absolute atomic E-state index is 4.05. The maximum atomic E-state index is 4.05. The first-order valence-electron chi connectivity index (χ1n) is 5.96. The highest BCUT2D eigenvalue weighted by Gasteiger charge is 2.23. The third-order valence-corrected chi connectivity index (χ3v) is 3.00. The summed E-state index contributed by atoms with van der Waals surface area (Å²) in [6, 6.07) is 1.17. The Morgan fingerprint density at radius 1 is 1.40 bits per heavy atom. The van der Waals surface area contributed by atoms with Gasteiger partial charge in [0, 0.05) is 31.0 Å². The van der Waals surface area contributed by atoms with Crippen LogP contribution in [-0.2, 0) is 6.54 Å². The van der Waals surface area contributed by atoms with E-state index in [1.165, 1.54) is 19.3 Å². The molecule has 0 aliphatic heterocycles. The lowest BCUT2D eigenvalue weighted by atomic mass is 10.1. The first-order chi connectivity index (χ1) is 7.24. The summed E-state index contributed by atoms with van der Waals surface area (Å²) in [6.45, 7) is 5.54. The molecular formula is C12H21N3. The lowest BCUT2D eigenvalue weighted by molar-refractivity contribution is 0.397. The zero-order chi connectivity index (χ0) is 10.7. The van der Waals surface area contributed by atoms with Crippen molar-refractivity contribution in [2.75, 3.05) is 0 Å². The van der Waals surface area contributed by atoms with Crippen LogP contribution in [0.25, 0.3) is 0 Å². The Hall–Kier alpha value is -0.830. The van der Waals surface area contributed by atoms with E-state index in [1.807, 2.05) is 18.7 Å². The second kappa shape index (κ2) is 4.79. The van der Waals surface area contributed by atoms with Gasteiger partial charge in [0.2, 0.25) is 0 Å². The number of rotatable bonds is 6. The molecule has 0 spiro atoms. The van der Waals surface area contributed by atoms with Crippen LogP contribution in [0, 0.1) is 5.92 Å². The summed E-state index contributed by atoms with van der Waals surface area (Å²) in [7, 11) is 0. The van der Waals surface area contributed by atoms with Crippen LogP contribution < -0.4 is 5.32 Å². The molecule has 2 rings (SSSR count). The molecule has 15 heavy (non-hydrogen) atoms. The average Bonchev–Trinajstić information content (AvgIpc) is 2.80. The molecule has 1 aliphatic rings. The van der Waals surface area contributed by atoms with Gasteiger partial charge in [0.25, 0.3) is 0 Å². The Labute approximate surface area is 91.9 Å². The summed E-state index contributed by atoms with van der Waals surface area (Å²) >= 11 is 0. The number of imidazole rings is 1. The fourth-order valence-electron chi connectivity index (χ4n) is 2.17. The van der Waals surface area contributed by atoms with Gasteiger partial charge in [-0.25, -0.2) is 4.98 Å². The Bertz CT molecular complexity index is 277. The first-order valence-corrected chi connectivity index (χ1v) is 5.96. The van der Waals surface area contributed by atoms with Crippen LogP contribution in [0.15, 0.2) is 18.7 Å². The van der Waals surface area contributed by atoms with Gasteiger partial charge in [-0.15, -0.1) is 0 Å². The van der Waals surface area contributed by atoms with E-state index in [2.05, 4.69) is 28.7 Å². The number of nitrogens with one attached hydrogen (secondary N) is 1. The fourth-order valence-corrected chi connectivity index (χ4v) is 2.17. The third-order valence-electron chi connectivity index (χ3n) is 3.00. The van der Waals surface area contributed by atoms with E-state index in [0.29, 0.717) is 12.1 Å². The largest absolute Gasteiger partial charge is 0.336 e. The molecule has 1 heterocycles. The Balaban J connectivity index is 1.68. The SMILES string of the molecule is CC(CC1CC1)NC(C)Cn1ccnc1. The zero-order valence-electron chi connectivity index (χ0n) is 9.69. The molecule has 3 heteroatoms. The second-order valence-electron chi connectivity index (χ2n) is 4.91. The summed E-state index contributed by atoms with van der Waals surface area (Å²) in [4.78, 5) is 4.05. The van der Waals surface area contributed by atoms with Crippen molar-refractivity contribution in [1.29, 1.82) is 0 Å². The predicted molar refractivity (Wildman–Crippen MR) is 61.6 cm³/mol. The molecular weight excluding hydrogens is 186 g/mol. The van der Waals surface area contributed by atoms with Crippen molar-refractivity contribution in [3.63, 3.8) is 0 Å². The van der Waals surface area contributed by atoms with Crippen LogP contribution in [-0.4, -0.2) is 21.6 Å². The number of hydrogen-bond donors (Lipinski definition) is 1. The number of aromatic nitrogens is 2.